The zero-order valence-electron chi connectivity index (χ0n) is 7.66. The van der Waals surface area contributed by atoms with E-state index in [1.807, 2.05) is 18.4 Å². The molecule has 0 radical (unpaired) electrons. The van der Waals surface area contributed by atoms with Crippen LogP contribution >= 0.6 is 11.3 Å². The van der Waals surface area contributed by atoms with Crippen LogP contribution in [0.25, 0.3) is 0 Å². The largest absolute Gasteiger partial charge is 0.294 e. The van der Waals surface area contributed by atoms with Crippen LogP contribution in [0.2, 0.25) is 0 Å². The van der Waals surface area contributed by atoms with E-state index in [9.17, 15) is 9.59 Å². The highest BCUT2D eigenvalue weighted by Gasteiger charge is 2.28. The highest BCUT2D eigenvalue weighted by molar-refractivity contribution is 7.10. The van der Waals surface area contributed by atoms with Gasteiger partial charge in [-0.15, -0.1) is 11.3 Å². The SMILES string of the molecule is Cc1sccc1C1NCC(=O)NC1=O. The van der Waals surface area contributed by atoms with Crippen LogP contribution < -0.4 is 10.6 Å². The summed E-state index contributed by atoms with van der Waals surface area (Å²) < 4.78 is 0. The molecule has 2 N–H and O–H groups in total. The molecule has 2 heterocycles. The van der Waals surface area contributed by atoms with Gasteiger partial charge in [0.15, 0.2) is 0 Å². The number of imide groups is 1. The van der Waals surface area contributed by atoms with Crippen LogP contribution in [0.4, 0.5) is 0 Å². The summed E-state index contributed by atoms with van der Waals surface area (Å²) in [6.45, 7) is 2.16. The normalized spacial score (nSPS) is 22.2. The monoisotopic (exact) mass is 210 g/mol. The van der Waals surface area contributed by atoms with Crippen LogP contribution in [0.3, 0.4) is 0 Å². The maximum atomic E-state index is 11.5. The van der Waals surface area contributed by atoms with Crippen molar-refractivity contribution >= 4 is 23.2 Å². The lowest BCUT2D eigenvalue weighted by Gasteiger charge is -2.22. The molecule has 2 rings (SSSR count). The summed E-state index contributed by atoms with van der Waals surface area (Å²) in [4.78, 5) is 23.5. The number of thiophene rings is 1. The lowest BCUT2D eigenvalue weighted by atomic mass is 10.1. The van der Waals surface area contributed by atoms with Crippen LogP contribution in [-0.2, 0) is 9.59 Å². The third kappa shape index (κ3) is 1.56. The Balaban J connectivity index is 2.24. The zero-order valence-corrected chi connectivity index (χ0v) is 8.48. The van der Waals surface area contributed by atoms with E-state index in [4.69, 9.17) is 0 Å². The summed E-state index contributed by atoms with van der Waals surface area (Å²) in [6.07, 6.45) is 0. The lowest BCUT2D eigenvalue weighted by Crippen LogP contribution is -2.51. The molecule has 1 aliphatic rings. The van der Waals surface area contributed by atoms with E-state index in [-0.39, 0.29) is 24.4 Å². The van der Waals surface area contributed by atoms with E-state index in [2.05, 4.69) is 10.6 Å². The third-order valence-corrected chi connectivity index (χ3v) is 3.06. The topological polar surface area (TPSA) is 58.2 Å². The van der Waals surface area contributed by atoms with Gasteiger partial charge in [-0.25, -0.2) is 0 Å². The minimum atomic E-state index is -0.376. The molecule has 1 unspecified atom stereocenters. The van der Waals surface area contributed by atoms with E-state index in [0.717, 1.165) is 10.4 Å². The highest BCUT2D eigenvalue weighted by atomic mass is 32.1. The Morgan fingerprint density at radius 3 is 2.86 bits per heavy atom. The van der Waals surface area contributed by atoms with Crippen LogP contribution in [0, 0.1) is 6.92 Å². The molecule has 1 atom stereocenters. The van der Waals surface area contributed by atoms with Gasteiger partial charge in [0.2, 0.25) is 11.8 Å². The number of carbonyl (C=O) groups is 2. The van der Waals surface area contributed by atoms with Gasteiger partial charge < -0.3 is 0 Å². The van der Waals surface area contributed by atoms with Crippen molar-refractivity contribution in [2.75, 3.05) is 6.54 Å². The molecule has 1 aliphatic heterocycles. The first-order valence-electron chi connectivity index (χ1n) is 4.29. The van der Waals surface area contributed by atoms with Gasteiger partial charge in [-0.3, -0.25) is 20.2 Å². The van der Waals surface area contributed by atoms with Crippen LogP contribution in [-0.4, -0.2) is 18.4 Å². The zero-order chi connectivity index (χ0) is 10.1. The van der Waals surface area contributed by atoms with Crippen LogP contribution in [0.5, 0.6) is 0 Å². The number of nitrogens with one attached hydrogen (secondary N) is 2. The van der Waals surface area contributed by atoms with E-state index < -0.39 is 0 Å². The molecule has 0 spiro atoms. The first-order valence-corrected chi connectivity index (χ1v) is 5.17. The third-order valence-electron chi connectivity index (χ3n) is 2.20. The van der Waals surface area contributed by atoms with E-state index >= 15 is 0 Å². The predicted molar refractivity (Wildman–Crippen MR) is 52.9 cm³/mol. The molecule has 5 heteroatoms. The van der Waals surface area contributed by atoms with Crippen molar-refractivity contribution in [1.82, 2.24) is 10.6 Å². The van der Waals surface area contributed by atoms with Crippen molar-refractivity contribution in [3.63, 3.8) is 0 Å². The van der Waals surface area contributed by atoms with Crippen molar-refractivity contribution in [3.8, 4) is 0 Å². The van der Waals surface area contributed by atoms with Gasteiger partial charge in [-0.1, -0.05) is 0 Å². The van der Waals surface area contributed by atoms with E-state index in [1.54, 1.807) is 11.3 Å². The Morgan fingerprint density at radius 1 is 1.50 bits per heavy atom. The number of hydrogen-bond acceptors (Lipinski definition) is 4. The van der Waals surface area contributed by atoms with Crippen molar-refractivity contribution in [3.05, 3.63) is 21.9 Å². The van der Waals surface area contributed by atoms with Gasteiger partial charge in [0.25, 0.3) is 0 Å². The molecule has 74 valence electrons. The maximum absolute atomic E-state index is 11.5. The fraction of sp³-hybridized carbons (Fsp3) is 0.333. The average Bonchev–Trinajstić information content (AvgIpc) is 2.52. The average molecular weight is 210 g/mol. The second kappa shape index (κ2) is 3.51. The number of amides is 2. The lowest BCUT2D eigenvalue weighted by molar-refractivity contribution is -0.134. The number of rotatable bonds is 1. The molecule has 0 aromatic carbocycles. The summed E-state index contributed by atoms with van der Waals surface area (Å²) in [5, 5.41) is 7.16. The quantitative estimate of drug-likeness (QED) is 0.657. The summed E-state index contributed by atoms with van der Waals surface area (Å²) in [5.74, 6) is -0.526. The van der Waals surface area contributed by atoms with Gasteiger partial charge in [0.05, 0.1) is 6.54 Å². The Bertz CT molecular complexity index is 386. The Hall–Kier alpha value is -1.20. The first kappa shape index (κ1) is 9.36. The van der Waals surface area contributed by atoms with Gasteiger partial charge in [-0.05, 0) is 23.9 Å². The van der Waals surface area contributed by atoms with Crippen molar-refractivity contribution < 1.29 is 9.59 Å². The highest BCUT2D eigenvalue weighted by Crippen LogP contribution is 2.23. The Kier molecular flexibility index (Phi) is 2.35. The number of aryl methyl sites for hydroxylation is 1. The Labute approximate surface area is 85.3 Å². The number of hydrogen-bond donors (Lipinski definition) is 2. The Morgan fingerprint density at radius 2 is 2.29 bits per heavy atom. The van der Waals surface area contributed by atoms with Gasteiger partial charge >= 0.3 is 0 Å². The summed E-state index contributed by atoms with van der Waals surface area (Å²) in [7, 11) is 0. The summed E-state index contributed by atoms with van der Waals surface area (Å²) >= 11 is 1.60. The summed E-state index contributed by atoms with van der Waals surface area (Å²) in [6, 6.07) is 1.53. The molecule has 0 aliphatic carbocycles. The van der Waals surface area contributed by atoms with Crippen molar-refractivity contribution in [2.45, 2.75) is 13.0 Å². The molecule has 1 aromatic heterocycles. The predicted octanol–water partition coefficient (Wildman–Crippen LogP) is 0.344. The van der Waals surface area contributed by atoms with Gasteiger partial charge in [0.1, 0.15) is 6.04 Å². The van der Waals surface area contributed by atoms with Gasteiger partial charge in [0, 0.05) is 4.88 Å². The molecular weight excluding hydrogens is 200 g/mol. The molecular formula is C9H10N2O2S. The fourth-order valence-electron chi connectivity index (χ4n) is 1.49. The smallest absolute Gasteiger partial charge is 0.248 e. The minimum Gasteiger partial charge on any atom is -0.294 e. The molecule has 0 bridgehead atoms. The van der Waals surface area contributed by atoms with E-state index in [0.29, 0.717) is 0 Å². The van der Waals surface area contributed by atoms with E-state index in [1.165, 1.54) is 0 Å². The standard InChI is InChI=1S/C9H10N2O2S/c1-5-6(2-3-14-5)8-9(13)11-7(12)4-10-8/h2-3,8,10H,4H2,1H3,(H,11,12,13). The van der Waals surface area contributed by atoms with Crippen molar-refractivity contribution in [2.24, 2.45) is 0 Å². The maximum Gasteiger partial charge on any atom is 0.248 e. The first-order chi connectivity index (χ1) is 6.68. The molecule has 1 saturated heterocycles. The minimum absolute atomic E-state index is 0.200. The molecule has 1 fully saturated rings. The van der Waals surface area contributed by atoms with Crippen LogP contribution in [0.15, 0.2) is 11.4 Å². The molecule has 0 saturated carbocycles. The molecule has 14 heavy (non-hydrogen) atoms. The second-order valence-electron chi connectivity index (χ2n) is 3.16. The summed E-state index contributed by atoms with van der Waals surface area (Å²) in [5.41, 5.74) is 0.958. The number of piperazine rings is 1. The second-order valence-corrected chi connectivity index (χ2v) is 4.28. The van der Waals surface area contributed by atoms with Gasteiger partial charge in [-0.2, -0.15) is 0 Å². The van der Waals surface area contributed by atoms with Crippen LogP contribution in [0.1, 0.15) is 16.5 Å². The van der Waals surface area contributed by atoms with Crippen molar-refractivity contribution in [1.29, 1.82) is 0 Å². The molecule has 4 nitrogen and oxygen atoms in total. The number of carbonyl (C=O) groups excluding carboxylic acids is 2. The fourth-order valence-corrected chi connectivity index (χ4v) is 2.23. The molecule has 2 amide bonds. The molecule has 1 aromatic rings.